The Balaban J connectivity index is 3.27. The van der Waals surface area contributed by atoms with Gasteiger partial charge in [0.25, 0.3) is 0 Å². The van der Waals surface area contributed by atoms with E-state index in [0.29, 0.717) is 17.2 Å². The largest absolute Gasteiger partial charge is 0.761 e. The molecule has 0 saturated heterocycles. The zero-order valence-electron chi connectivity index (χ0n) is 7.88. The van der Waals surface area contributed by atoms with Crippen molar-refractivity contribution in [3.63, 3.8) is 0 Å². The van der Waals surface area contributed by atoms with Crippen molar-refractivity contribution >= 4 is 5.69 Å². The molecule has 0 aromatic heterocycles. The van der Waals surface area contributed by atoms with Crippen LogP contribution in [0.1, 0.15) is 5.56 Å². The normalized spacial score (nSPS) is 9.54. The molecule has 4 nitrogen and oxygen atoms in total. The Kier molecular flexibility index (Phi) is 2.97. The van der Waals surface area contributed by atoms with Crippen LogP contribution < -0.4 is 15.0 Å². The molecular formula is C9H12NO3-. The second kappa shape index (κ2) is 4.00. The van der Waals surface area contributed by atoms with Gasteiger partial charge in [0.2, 0.25) is 0 Å². The van der Waals surface area contributed by atoms with Crippen molar-refractivity contribution in [1.29, 1.82) is 0 Å². The second-order valence-corrected chi connectivity index (χ2v) is 2.60. The van der Waals surface area contributed by atoms with Crippen LogP contribution in [0.2, 0.25) is 0 Å². The molecule has 0 aliphatic carbocycles. The van der Waals surface area contributed by atoms with E-state index in [4.69, 9.17) is 9.47 Å². The highest BCUT2D eigenvalue weighted by atomic mass is 16.5. The van der Waals surface area contributed by atoms with Gasteiger partial charge in [0, 0.05) is 0 Å². The monoisotopic (exact) mass is 182 g/mol. The fourth-order valence-corrected chi connectivity index (χ4v) is 1.15. The van der Waals surface area contributed by atoms with Crippen LogP contribution in [0.15, 0.2) is 12.1 Å². The molecule has 0 unspecified atom stereocenters. The van der Waals surface area contributed by atoms with Gasteiger partial charge in [-0.1, -0.05) is 6.07 Å². The van der Waals surface area contributed by atoms with E-state index >= 15 is 0 Å². The number of ether oxygens (including phenoxy) is 2. The van der Waals surface area contributed by atoms with Gasteiger partial charge in [-0.15, -0.1) is 0 Å². The molecule has 0 bridgehead atoms. The molecule has 1 rings (SSSR count). The molecule has 0 radical (unpaired) electrons. The third-order valence-corrected chi connectivity index (χ3v) is 1.86. The summed E-state index contributed by atoms with van der Waals surface area (Å²) < 4.78 is 10.1. The van der Waals surface area contributed by atoms with Crippen LogP contribution in [0.25, 0.3) is 0 Å². The molecule has 13 heavy (non-hydrogen) atoms. The lowest BCUT2D eigenvalue weighted by atomic mass is 10.2. The fourth-order valence-electron chi connectivity index (χ4n) is 1.15. The minimum Gasteiger partial charge on any atom is -0.761 e. The molecule has 0 aliphatic rings. The van der Waals surface area contributed by atoms with E-state index in [9.17, 15) is 5.21 Å². The smallest absolute Gasteiger partial charge is 0.183 e. The van der Waals surface area contributed by atoms with Gasteiger partial charge in [0.1, 0.15) is 0 Å². The van der Waals surface area contributed by atoms with Gasteiger partial charge < -0.3 is 20.2 Å². The van der Waals surface area contributed by atoms with E-state index < -0.39 is 0 Å². The molecule has 1 aromatic rings. The van der Waals surface area contributed by atoms with Crippen molar-refractivity contribution < 1.29 is 9.47 Å². The first kappa shape index (κ1) is 9.67. The van der Waals surface area contributed by atoms with Crippen molar-refractivity contribution in [1.82, 2.24) is 0 Å². The summed E-state index contributed by atoms with van der Waals surface area (Å²) in [5.41, 5.74) is 3.08. The van der Waals surface area contributed by atoms with E-state index in [0.717, 1.165) is 5.56 Å². The number of hydrogen-bond acceptors (Lipinski definition) is 4. The van der Waals surface area contributed by atoms with Crippen molar-refractivity contribution in [2.45, 2.75) is 6.92 Å². The molecule has 0 atom stereocenters. The second-order valence-electron chi connectivity index (χ2n) is 2.60. The van der Waals surface area contributed by atoms with Gasteiger partial charge in [0.15, 0.2) is 11.5 Å². The van der Waals surface area contributed by atoms with E-state index in [1.165, 1.54) is 14.2 Å². The van der Waals surface area contributed by atoms with Crippen LogP contribution in [0, 0.1) is 12.1 Å². The molecule has 0 fully saturated rings. The van der Waals surface area contributed by atoms with Crippen molar-refractivity contribution in [2.24, 2.45) is 0 Å². The first-order valence-electron chi connectivity index (χ1n) is 3.84. The standard InChI is InChI=1S/C9H12NO3/c1-6-4-5-7(12-2)9(13-3)8(6)10-11/h4-5,10H,1-3H3/q-1. The average molecular weight is 182 g/mol. The van der Waals surface area contributed by atoms with Gasteiger partial charge >= 0.3 is 0 Å². The quantitative estimate of drug-likeness (QED) is 0.725. The van der Waals surface area contributed by atoms with Gasteiger partial charge in [0.05, 0.1) is 19.9 Å². The number of hydrogen-bond donors (Lipinski definition) is 1. The Morgan fingerprint density at radius 2 is 1.92 bits per heavy atom. The van der Waals surface area contributed by atoms with E-state index in [1.54, 1.807) is 12.1 Å². The molecular weight excluding hydrogens is 170 g/mol. The Morgan fingerprint density at radius 3 is 2.38 bits per heavy atom. The van der Waals surface area contributed by atoms with Crippen molar-refractivity contribution in [2.75, 3.05) is 19.7 Å². The van der Waals surface area contributed by atoms with E-state index in [-0.39, 0.29) is 0 Å². The lowest BCUT2D eigenvalue weighted by molar-refractivity contribution is 0.356. The summed E-state index contributed by atoms with van der Waals surface area (Å²) in [7, 11) is 3.03. The zero-order chi connectivity index (χ0) is 9.84. The van der Waals surface area contributed by atoms with E-state index in [1.807, 2.05) is 12.4 Å². The fraction of sp³-hybridized carbons (Fsp3) is 0.333. The number of aryl methyl sites for hydroxylation is 1. The zero-order valence-corrected chi connectivity index (χ0v) is 7.88. The van der Waals surface area contributed by atoms with Crippen LogP contribution in [0.3, 0.4) is 0 Å². The van der Waals surface area contributed by atoms with Crippen LogP contribution in [-0.4, -0.2) is 14.2 Å². The third kappa shape index (κ3) is 1.67. The molecule has 1 aromatic carbocycles. The van der Waals surface area contributed by atoms with Crippen molar-refractivity contribution in [3.05, 3.63) is 22.9 Å². The maximum Gasteiger partial charge on any atom is 0.183 e. The van der Waals surface area contributed by atoms with Crippen LogP contribution in [-0.2, 0) is 0 Å². The highest BCUT2D eigenvalue weighted by Crippen LogP contribution is 2.37. The summed E-state index contributed by atoms with van der Waals surface area (Å²) in [6, 6.07) is 3.55. The number of benzene rings is 1. The van der Waals surface area contributed by atoms with Crippen LogP contribution in [0.4, 0.5) is 5.69 Å². The summed E-state index contributed by atoms with van der Waals surface area (Å²) in [6.45, 7) is 1.82. The molecule has 1 N–H and O–H groups in total. The lowest BCUT2D eigenvalue weighted by Crippen LogP contribution is -1.97. The summed E-state index contributed by atoms with van der Waals surface area (Å²) in [6.07, 6.45) is 0. The Bertz CT molecular complexity index is 299. The summed E-state index contributed by atoms with van der Waals surface area (Å²) in [5.74, 6) is 0.990. The van der Waals surface area contributed by atoms with Crippen LogP contribution in [0.5, 0.6) is 11.5 Å². The molecule has 72 valence electrons. The average Bonchev–Trinajstić information content (AvgIpc) is 2.17. The summed E-state index contributed by atoms with van der Waals surface area (Å²) in [4.78, 5) is 0. The summed E-state index contributed by atoms with van der Waals surface area (Å²) in [5, 5.41) is 10.6. The predicted molar refractivity (Wildman–Crippen MR) is 51.3 cm³/mol. The molecule has 4 heteroatoms. The maximum absolute atomic E-state index is 10.6. The SMILES string of the molecule is COc1ccc(C)c(N[O-])c1OC. The summed E-state index contributed by atoms with van der Waals surface area (Å²) >= 11 is 0. The Hall–Kier alpha value is -1.42. The maximum atomic E-state index is 10.6. The Morgan fingerprint density at radius 1 is 1.23 bits per heavy atom. The molecule has 0 spiro atoms. The third-order valence-electron chi connectivity index (χ3n) is 1.86. The van der Waals surface area contributed by atoms with Gasteiger partial charge in [-0.05, 0) is 18.6 Å². The van der Waals surface area contributed by atoms with Gasteiger partial charge in [-0.3, -0.25) is 0 Å². The minimum absolute atomic E-state index is 0.418. The molecule has 0 aliphatic heterocycles. The minimum atomic E-state index is 0.418. The van der Waals surface area contributed by atoms with Gasteiger partial charge in [-0.25, -0.2) is 0 Å². The number of anilines is 1. The number of rotatable bonds is 3. The van der Waals surface area contributed by atoms with Crippen LogP contribution >= 0.6 is 0 Å². The van der Waals surface area contributed by atoms with E-state index in [2.05, 4.69) is 0 Å². The topological polar surface area (TPSA) is 53.5 Å². The first-order valence-corrected chi connectivity index (χ1v) is 3.84. The number of methoxy groups -OCH3 is 2. The highest BCUT2D eigenvalue weighted by Gasteiger charge is 2.09. The molecule has 0 saturated carbocycles. The number of nitrogens with one attached hydrogen (secondary N) is 1. The highest BCUT2D eigenvalue weighted by molar-refractivity contribution is 5.67. The van der Waals surface area contributed by atoms with Crippen molar-refractivity contribution in [3.8, 4) is 11.5 Å². The lowest BCUT2D eigenvalue weighted by Gasteiger charge is -2.18. The molecule has 0 amide bonds. The first-order chi connectivity index (χ1) is 6.24. The Labute approximate surface area is 77.1 Å². The predicted octanol–water partition coefficient (Wildman–Crippen LogP) is 1.92. The van der Waals surface area contributed by atoms with Gasteiger partial charge in [-0.2, -0.15) is 0 Å². The molecule has 0 heterocycles.